The van der Waals surface area contributed by atoms with Crippen LogP contribution < -0.4 is 0 Å². The summed E-state index contributed by atoms with van der Waals surface area (Å²) in [5.41, 5.74) is 0. The summed E-state index contributed by atoms with van der Waals surface area (Å²) in [6, 6.07) is 0. The first-order chi connectivity index (χ1) is 1.73. The third kappa shape index (κ3) is 12.7. The molecule has 0 saturated carbocycles. The molecule has 0 aromatic heterocycles. The summed E-state index contributed by atoms with van der Waals surface area (Å²) < 4.78 is -0.197. The lowest BCUT2D eigenvalue weighted by molar-refractivity contribution is 4.29. The van der Waals surface area contributed by atoms with Crippen molar-refractivity contribution in [2.75, 3.05) is 0 Å². The highest BCUT2D eigenvalue weighted by Crippen LogP contribution is 1.74. The minimum atomic E-state index is -0.197. The van der Waals surface area contributed by atoms with Crippen LogP contribution in [0.4, 0.5) is 0 Å². The summed E-state index contributed by atoms with van der Waals surface area (Å²) in [5, 5.41) is 0. The normalized spacial score (nSPS) is 6.75. The fraction of sp³-hybridized carbons (Fsp3) is 0. The number of hydrogen-bond donors (Lipinski definition) is 0. The zero-order valence-electron chi connectivity index (χ0n) is 2.11. The fourth-order valence-electron chi connectivity index (χ4n) is 0. The van der Waals surface area contributed by atoms with Crippen molar-refractivity contribution in [2.24, 2.45) is 0 Å². The quantitative estimate of drug-likeness (QED) is 0.338. The molecule has 0 aliphatic carbocycles. The molecule has 0 aromatic carbocycles. The Kier molecular flexibility index (Phi) is 2.68. The van der Waals surface area contributed by atoms with Crippen LogP contribution in [0.5, 0.6) is 0 Å². The molecule has 0 unspecified atom stereocenters. The lowest BCUT2D eigenvalue weighted by Gasteiger charge is -2.19. The molecule has 6 radical (unpaired) electrons. The summed E-state index contributed by atoms with van der Waals surface area (Å²) in [6.45, 7) is 0. The highest BCUT2D eigenvalue weighted by atomic mass is 127. The van der Waals surface area contributed by atoms with Crippen LogP contribution in [0.1, 0.15) is 0 Å². The largest absolute Gasteiger partial charge is 0.705 e. The molecular weight excluding hydrogens is 159 g/mol. The van der Waals surface area contributed by atoms with Crippen molar-refractivity contribution in [3.63, 3.8) is 0 Å². The second-order valence-corrected chi connectivity index (χ2v) is 1.88. The third-order valence-electron chi connectivity index (χ3n) is 0. The molecule has 0 spiro atoms. The van der Waals surface area contributed by atoms with Gasteiger partial charge >= 0.3 is 0 Å². The first-order valence-corrected chi connectivity index (χ1v) is 2.13. The van der Waals surface area contributed by atoms with Gasteiger partial charge in [0.2, 0.25) is 0 Å². The van der Waals surface area contributed by atoms with Crippen molar-refractivity contribution in [3.8, 4) is 0 Å². The van der Waals surface area contributed by atoms with Crippen molar-refractivity contribution < 1.29 is 0 Å². The molecule has 0 aliphatic heterocycles. The first kappa shape index (κ1) is 4.92. The second kappa shape index (κ2) is 2.18. The van der Waals surface area contributed by atoms with Crippen LogP contribution in [-0.2, 0) is 0 Å². The Balaban J connectivity index is 2.32. The van der Waals surface area contributed by atoms with E-state index in [2.05, 4.69) is 0 Å². The van der Waals surface area contributed by atoms with Gasteiger partial charge < -0.3 is 19.8 Å². The molecular formula is B3I-2. The summed E-state index contributed by atoms with van der Waals surface area (Å²) in [6.07, 6.45) is 0. The maximum absolute atomic E-state index is 4.88. The van der Waals surface area contributed by atoms with E-state index >= 15 is 0 Å². The maximum Gasteiger partial charge on any atom is -0.259 e. The predicted molar refractivity (Wildman–Crippen MR) is 31.3 cm³/mol. The van der Waals surface area contributed by atoms with Crippen molar-refractivity contribution in [1.29, 1.82) is 0 Å². The monoisotopic (exact) mass is 160 g/mol. The van der Waals surface area contributed by atoms with E-state index in [0.717, 1.165) is 0 Å². The van der Waals surface area contributed by atoms with Crippen molar-refractivity contribution in [1.82, 2.24) is 0 Å². The molecule has 4 heteroatoms. The van der Waals surface area contributed by atoms with Gasteiger partial charge in [-0.1, -0.05) is 0 Å². The van der Waals surface area contributed by atoms with Crippen molar-refractivity contribution in [3.05, 3.63) is 0 Å². The topological polar surface area (TPSA) is 0 Å². The Hall–Kier alpha value is 0.925. The van der Waals surface area contributed by atoms with Crippen LogP contribution in [0.2, 0.25) is 0 Å². The second-order valence-electron chi connectivity index (χ2n) is 0.444. The summed E-state index contributed by atoms with van der Waals surface area (Å²) >= 11 is 1.90. The van der Waals surface area contributed by atoms with Crippen LogP contribution in [0, 0.1) is 0 Å². The lowest BCUT2D eigenvalue weighted by atomic mass is 9.39. The van der Waals surface area contributed by atoms with Crippen molar-refractivity contribution in [2.45, 2.75) is 0 Å². The number of hydrogen-bond acceptors (Lipinski definition) is 0. The lowest BCUT2D eigenvalue weighted by Crippen LogP contribution is -1.98. The van der Waals surface area contributed by atoms with E-state index in [1.165, 1.54) is 0 Å². The summed E-state index contributed by atoms with van der Waals surface area (Å²) in [4.78, 5) is 0. The van der Waals surface area contributed by atoms with Gasteiger partial charge in [-0.15, -0.1) is 0 Å². The van der Waals surface area contributed by atoms with Gasteiger partial charge in [0, 0.05) is 0 Å². The van der Waals surface area contributed by atoms with Crippen LogP contribution in [0.25, 0.3) is 0 Å². The van der Waals surface area contributed by atoms with Crippen LogP contribution in [-0.4, -0.2) is 19.8 Å². The zero-order valence-corrected chi connectivity index (χ0v) is 4.27. The average Bonchev–Trinajstić information content (AvgIpc) is 0.811. The Morgan fingerprint density at radius 1 is 1.50 bits per heavy atom. The molecule has 0 heterocycles. The molecule has 0 nitrogen and oxygen atoms in total. The number of rotatable bonds is 0. The molecule has 0 aliphatic rings. The molecule has 4 heavy (non-hydrogen) atoms. The summed E-state index contributed by atoms with van der Waals surface area (Å²) in [5.74, 6) is 0. The van der Waals surface area contributed by atoms with E-state index < -0.39 is 0 Å². The molecule has 0 N–H and O–H groups in total. The van der Waals surface area contributed by atoms with E-state index in [-0.39, 0.29) is 4.35 Å². The molecule has 0 bridgehead atoms. The van der Waals surface area contributed by atoms with Gasteiger partial charge in [-0.2, -0.15) is 0 Å². The summed E-state index contributed by atoms with van der Waals surface area (Å²) in [7, 11) is 9.75. The van der Waals surface area contributed by atoms with E-state index in [4.69, 9.17) is 15.5 Å². The minimum Gasteiger partial charge on any atom is -0.705 e. The van der Waals surface area contributed by atoms with Gasteiger partial charge in [0.1, 0.15) is 0 Å². The van der Waals surface area contributed by atoms with Gasteiger partial charge in [0.05, 0.1) is 0 Å². The van der Waals surface area contributed by atoms with Crippen molar-refractivity contribution >= 4 is 42.2 Å². The molecule has 0 atom stereocenters. The third-order valence-corrected chi connectivity index (χ3v) is 0. The van der Waals surface area contributed by atoms with Crippen LogP contribution in [0.15, 0.2) is 0 Å². The SMILES string of the molecule is [B-]B([B-])I. The standard InChI is InChI=1S/B3I/c1-3(2)4/q-2. The highest BCUT2D eigenvalue weighted by Gasteiger charge is 1.31. The highest BCUT2D eigenvalue weighted by molar-refractivity contribution is 14.1. The van der Waals surface area contributed by atoms with Gasteiger partial charge in [-0.25, -0.2) is 0 Å². The zero-order chi connectivity index (χ0) is 3.58. The Morgan fingerprint density at radius 2 is 1.50 bits per heavy atom. The Morgan fingerprint density at radius 3 is 1.50 bits per heavy atom. The van der Waals surface area contributed by atoms with Gasteiger partial charge in [-0.05, 0) is 0 Å². The van der Waals surface area contributed by atoms with E-state index in [1.807, 2.05) is 22.4 Å². The van der Waals surface area contributed by atoms with Gasteiger partial charge in [0.15, 0.2) is 0 Å². The van der Waals surface area contributed by atoms with E-state index in [0.29, 0.717) is 0 Å². The van der Waals surface area contributed by atoms with E-state index in [9.17, 15) is 0 Å². The van der Waals surface area contributed by atoms with Crippen LogP contribution in [0.3, 0.4) is 0 Å². The average molecular weight is 159 g/mol. The Bertz CT molecular complexity index is 8.00. The first-order valence-electron chi connectivity index (χ1n) is 0.885. The van der Waals surface area contributed by atoms with Gasteiger partial charge in [-0.3, -0.25) is 22.4 Å². The predicted octanol–water partition coefficient (Wildman–Crippen LogP) is -0.257. The minimum absolute atomic E-state index is 0.197. The molecule has 0 fully saturated rings. The maximum atomic E-state index is 4.88. The molecule has 0 rings (SSSR count). The fourth-order valence-corrected chi connectivity index (χ4v) is 0. The molecule has 0 saturated heterocycles. The van der Waals surface area contributed by atoms with E-state index in [1.54, 1.807) is 0 Å². The molecule has 0 amide bonds. The molecule has 18 valence electrons. The molecule has 0 aromatic rings. The number of halogens is 1. The Labute approximate surface area is 42.5 Å². The van der Waals surface area contributed by atoms with Crippen LogP contribution >= 0.6 is 22.4 Å². The van der Waals surface area contributed by atoms with Gasteiger partial charge in [0.25, 0.3) is 0 Å². The smallest absolute Gasteiger partial charge is 0.259 e.